The van der Waals surface area contributed by atoms with Gasteiger partial charge in [-0.15, -0.1) is 0 Å². The summed E-state index contributed by atoms with van der Waals surface area (Å²) < 4.78 is 0. The zero-order valence-corrected chi connectivity index (χ0v) is 14.6. The van der Waals surface area contributed by atoms with Crippen molar-refractivity contribution in [3.05, 3.63) is 68.5 Å². The summed E-state index contributed by atoms with van der Waals surface area (Å²) in [5.74, 6) is 0. The van der Waals surface area contributed by atoms with Crippen LogP contribution in [0.1, 0.15) is 33.6 Å². The van der Waals surface area contributed by atoms with E-state index in [-0.39, 0.29) is 4.92 Å². The molecule has 0 aromatic rings. The van der Waals surface area contributed by atoms with Crippen LogP contribution in [0.2, 0.25) is 0 Å². The van der Waals surface area contributed by atoms with Gasteiger partial charge >= 0.3 is 0 Å². The highest BCUT2D eigenvalue weighted by molar-refractivity contribution is 8.07. The van der Waals surface area contributed by atoms with Gasteiger partial charge < -0.3 is 0 Å². The molecule has 0 amide bonds. The first-order valence-corrected chi connectivity index (χ1v) is 8.27. The Balaban J connectivity index is 3.17. The highest BCUT2D eigenvalue weighted by atomic mass is 32.2. The van der Waals surface area contributed by atoms with Gasteiger partial charge in [0.2, 0.25) is 6.04 Å². The molecule has 1 rings (SSSR count). The lowest BCUT2D eigenvalue weighted by Crippen LogP contribution is -2.40. The molecular formula is C18H22N2O2S. The monoisotopic (exact) mass is 330 g/mol. The molecule has 4 nitrogen and oxygen atoms in total. The summed E-state index contributed by atoms with van der Waals surface area (Å²) >= 11 is 1.42. The van der Waals surface area contributed by atoms with Crippen molar-refractivity contribution in [3.63, 3.8) is 0 Å². The van der Waals surface area contributed by atoms with Crippen molar-refractivity contribution in [3.8, 4) is 6.07 Å². The summed E-state index contributed by atoms with van der Waals surface area (Å²) in [5.41, 5.74) is -0.0685. The van der Waals surface area contributed by atoms with Gasteiger partial charge in [0.05, 0.1) is 6.07 Å². The van der Waals surface area contributed by atoms with E-state index in [1.807, 2.05) is 44.2 Å². The molecule has 0 spiro atoms. The third-order valence-corrected chi connectivity index (χ3v) is 5.14. The zero-order valence-electron chi connectivity index (χ0n) is 13.8. The van der Waals surface area contributed by atoms with Crippen LogP contribution in [0.15, 0.2) is 58.4 Å². The molecule has 0 saturated carbocycles. The standard InChI is InChI=1S/C18H22N2O2S/c1-5-8-15(12-11-14(3)6-2)23-17-10-7-9-16(20(21)22)18(17,4)13-19/h5-6,8,10-12,16H,2,7,9H2,1,3-4H3/b8-5-,14-11-,15-12+. The first kappa shape index (κ1) is 19.0. The maximum absolute atomic E-state index is 11.3. The number of nitrogens with zero attached hydrogens (tertiary/aromatic N) is 2. The van der Waals surface area contributed by atoms with Crippen LogP contribution in [0.5, 0.6) is 0 Å². The van der Waals surface area contributed by atoms with Crippen molar-refractivity contribution in [1.29, 1.82) is 5.26 Å². The Labute approximate surface area is 142 Å². The number of rotatable bonds is 6. The molecule has 1 aliphatic rings. The molecule has 0 aliphatic heterocycles. The molecule has 0 fully saturated rings. The van der Waals surface area contributed by atoms with Gasteiger partial charge in [0.25, 0.3) is 0 Å². The zero-order chi connectivity index (χ0) is 17.5. The SMILES string of the molecule is C=C\C(C)=C/C=C(\C=C/C)SC1=CCCC([N+](=O)[O-])C1(C)C#N. The van der Waals surface area contributed by atoms with Gasteiger partial charge in [-0.1, -0.05) is 54.3 Å². The molecule has 0 radical (unpaired) electrons. The number of nitro groups is 1. The van der Waals surface area contributed by atoms with Crippen LogP contribution in [-0.4, -0.2) is 11.0 Å². The molecule has 5 heteroatoms. The molecule has 0 heterocycles. The fraction of sp³-hybridized carbons (Fsp3) is 0.389. The average molecular weight is 330 g/mol. The summed E-state index contributed by atoms with van der Waals surface area (Å²) in [6.45, 7) is 9.24. The highest BCUT2D eigenvalue weighted by Gasteiger charge is 2.48. The van der Waals surface area contributed by atoms with E-state index in [1.54, 1.807) is 13.0 Å². The van der Waals surface area contributed by atoms with Gasteiger partial charge in [-0.25, -0.2) is 0 Å². The number of hydrogen-bond donors (Lipinski definition) is 0. The summed E-state index contributed by atoms with van der Waals surface area (Å²) in [6, 6.07) is 1.31. The van der Waals surface area contributed by atoms with Crippen LogP contribution < -0.4 is 0 Å². The van der Waals surface area contributed by atoms with Crippen LogP contribution in [-0.2, 0) is 0 Å². The van der Waals surface area contributed by atoms with Crippen molar-refractivity contribution < 1.29 is 4.92 Å². The first-order chi connectivity index (χ1) is 10.9. The van der Waals surface area contributed by atoms with E-state index in [0.717, 1.165) is 15.4 Å². The van der Waals surface area contributed by atoms with Gasteiger partial charge in [0, 0.05) is 21.2 Å². The second kappa shape index (κ2) is 8.54. The van der Waals surface area contributed by atoms with Crippen LogP contribution >= 0.6 is 11.8 Å². The van der Waals surface area contributed by atoms with Crippen molar-refractivity contribution >= 4 is 11.8 Å². The summed E-state index contributed by atoms with van der Waals surface area (Å²) in [5, 5.41) is 20.9. The molecule has 2 atom stereocenters. The molecule has 0 saturated heterocycles. The third-order valence-electron chi connectivity index (χ3n) is 3.83. The van der Waals surface area contributed by atoms with Gasteiger partial charge in [-0.2, -0.15) is 5.26 Å². The minimum Gasteiger partial charge on any atom is -0.264 e. The van der Waals surface area contributed by atoms with Gasteiger partial charge in [-0.3, -0.25) is 10.1 Å². The second-order valence-corrected chi connectivity index (χ2v) is 6.66. The predicted octanol–water partition coefficient (Wildman–Crippen LogP) is 5.16. The summed E-state index contributed by atoms with van der Waals surface area (Å²) in [6.07, 6.45) is 12.5. The minimum atomic E-state index is -1.09. The van der Waals surface area contributed by atoms with Crippen LogP contribution in [0.25, 0.3) is 0 Å². The Bertz CT molecular complexity index is 638. The quantitative estimate of drug-likeness (QED) is 0.383. The highest BCUT2D eigenvalue weighted by Crippen LogP contribution is 2.46. The third kappa shape index (κ3) is 4.70. The first-order valence-electron chi connectivity index (χ1n) is 7.46. The number of allylic oxidation sites excluding steroid dienone is 7. The van der Waals surface area contributed by atoms with E-state index in [1.165, 1.54) is 11.8 Å². The Hall–Kier alpha value is -2.06. The number of hydrogen-bond acceptors (Lipinski definition) is 4. The summed E-state index contributed by atoms with van der Waals surface area (Å²) in [7, 11) is 0. The lowest BCUT2D eigenvalue weighted by Gasteiger charge is -2.31. The topological polar surface area (TPSA) is 66.9 Å². The second-order valence-electron chi connectivity index (χ2n) is 5.55. The minimum absolute atomic E-state index is 0.322. The summed E-state index contributed by atoms with van der Waals surface area (Å²) in [4.78, 5) is 12.7. The van der Waals surface area contributed by atoms with Gasteiger partial charge in [0.1, 0.15) is 0 Å². The van der Waals surface area contributed by atoms with E-state index in [4.69, 9.17) is 0 Å². The average Bonchev–Trinajstić information content (AvgIpc) is 2.53. The van der Waals surface area contributed by atoms with E-state index in [0.29, 0.717) is 12.8 Å². The molecule has 23 heavy (non-hydrogen) atoms. The van der Waals surface area contributed by atoms with E-state index in [2.05, 4.69) is 12.6 Å². The predicted molar refractivity (Wildman–Crippen MR) is 96.3 cm³/mol. The molecular weight excluding hydrogens is 308 g/mol. The van der Waals surface area contributed by atoms with Crippen LogP contribution in [0.4, 0.5) is 0 Å². The Morgan fingerprint density at radius 1 is 1.61 bits per heavy atom. The Morgan fingerprint density at radius 2 is 2.30 bits per heavy atom. The van der Waals surface area contributed by atoms with E-state index < -0.39 is 11.5 Å². The number of thioether (sulfide) groups is 1. The molecule has 0 N–H and O–H groups in total. The van der Waals surface area contributed by atoms with Gasteiger partial charge in [0.15, 0.2) is 5.41 Å². The molecule has 122 valence electrons. The van der Waals surface area contributed by atoms with Crippen molar-refractivity contribution in [2.45, 2.75) is 39.7 Å². The van der Waals surface area contributed by atoms with Crippen molar-refractivity contribution in [2.75, 3.05) is 0 Å². The van der Waals surface area contributed by atoms with Crippen molar-refractivity contribution in [2.24, 2.45) is 5.41 Å². The maximum atomic E-state index is 11.3. The van der Waals surface area contributed by atoms with Crippen LogP contribution in [0.3, 0.4) is 0 Å². The Kier molecular flexibility index (Phi) is 7.05. The van der Waals surface area contributed by atoms with Crippen molar-refractivity contribution in [1.82, 2.24) is 0 Å². The van der Waals surface area contributed by atoms with Gasteiger partial charge in [-0.05, 0) is 33.3 Å². The molecule has 0 aromatic heterocycles. The molecule has 0 bridgehead atoms. The fourth-order valence-corrected chi connectivity index (χ4v) is 3.52. The lowest BCUT2D eigenvalue weighted by atomic mass is 9.77. The lowest BCUT2D eigenvalue weighted by molar-refractivity contribution is -0.536. The Morgan fingerprint density at radius 3 is 2.83 bits per heavy atom. The fourth-order valence-electron chi connectivity index (χ4n) is 2.33. The molecule has 2 unspecified atom stereocenters. The largest absolute Gasteiger partial charge is 0.264 e. The smallest absolute Gasteiger partial charge is 0.236 e. The molecule has 1 aliphatic carbocycles. The van der Waals surface area contributed by atoms with Crippen LogP contribution in [0, 0.1) is 26.9 Å². The van der Waals surface area contributed by atoms with E-state index in [9.17, 15) is 15.4 Å². The van der Waals surface area contributed by atoms with E-state index >= 15 is 0 Å². The normalized spacial score (nSPS) is 25.8. The maximum Gasteiger partial charge on any atom is 0.236 e. The number of nitriles is 1. The molecule has 0 aromatic carbocycles.